The molecule has 16 heavy (non-hydrogen) atoms. The normalized spacial score (nSPS) is 19.1. The fourth-order valence-electron chi connectivity index (χ4n) is 2.71. The van der Waals surface area contributed by atoms with Crippen molar-refractivity contribution < 1.29 is 0 Å². The first-order chi connectivity index (χ1) is 7.73. The summed E-state index contributed by atoms with van der Waals surface area (Å²) in [7, 11) is 0. The largest absolute Gasteiger partial charge is 0.350 e. The minimum Gasteiger partial charge on any atom is -0.350 e. The Kier molecular flexibility index (Phi) is 3.70. The molecule has 0 saturated heterocycles. The molecular formula is C14H24N2. The highest BCUT2D eigenvalue weighted by Crippen LogP contribution is 2.29. The van der Waals surface area contributed by atoms with Crippen molar-refractivity contribution in [2.24, 2.45) is 0 Å². The zero-order valence-electron chi connectivity index (χ0n) is 10.6. The van der Waals surface area contributed by atoms with Crippen molar-refractivity contribution in [2.45, 2.75) is 64.6 Å². The molecule has 1 aliphatic carbocycles. The van der Waals surface area contributed by atoms with Crippen LogP contribution in [0.2, 0.25) is 0 Å². The minimum absolute atomic E-state index is 0.390. The number of aryl methyl sites for hydroxylation is 1. The van der Waals surface area contributed by atoms with Crippen molar-refractivity contribution in [1.82, 2.24) is 9.88 Å². The Hall–Kier alpha value is -0.760. The minimum atomic E-state index is 0.390. The van der Waals surface area contributed by atoms with Crippen LogP contribution in [0.5, 0.6) is 0 Å². The van der Waals surface area contributed by atoms with Crippen LogP contribution >= 0.6 is 0 Å². The predicted octanol–water partition coefficient (Wildman–Crippen LogP) is 3.32. The van der Waals surface area contributed by atoms with Crippen LogP contribution in [-0.4, -0.2) is 10.1 Å². The van der Waals surface area contributed by atoms with Crippen LogP contribution in [0.1, 0.15) is 51.6 Å². The van der Waals surface area contributed by atoms with E-state index in [1.165, 1.54) is 37.8 Å². The van der Waals surface area contributed by atoms with Crippen LogP contribution < -0.4 is 5.32 Å². The Morgan fingerprint density at radius 1 is 1.38 bits per heavy atom. The Morgan fingerprint density at radius 3 is 2.81 bits per heavy atom. The number of rotatable bonds is 5. The molecule has 2 rings (SSSR count). The summed E-state index contributed by atoms with van der Waals surface area (Å²) in [6.07, 6.45) is 8.85. The maximum atomic E-state index is 3.74. The molecular weight excluding hydrogens is 196 g/mol. The summed E-state index contributed by atoms with van der Waals surface area (Å²) >= 11 is 0. The highest BCUT2D eigenvalue weighted by Gasteiger charge is 2.27. The third kappa shape index (κ3) is 2.67. The lowest BCUT2D eigenvalue weighted by molar-refractivity contribution is 0.357. The maximum Gasteiger partial charge on any atom is 0.0364 e. The van der Waals surface area contributed by atoms with Gasteiger partial charge in [-0.15, -0.1) is 0 Å². The summed E-state index contributed by atoms with van der Waals surface area (Å²) in [4.78, 5) is 0. The van der Waals surface area contributed by atoms with E-state index in [1.807, 2.05) is 0 Å². The fraction of sp³-hybridized carbons (Fsp3) is 0.714. The number of nitrogens with one attached hydrogen (secondary N) is 1. The van der Waals surface area contributed by atoms with Crippen molar-refractivity contribution >= 4 is 0 Å². The van der Waals surface area contributed by atoms with Crippen molar-refractivity contribution in [3.05, 3.63) is 24.0 Å². The van der Waals surface area contributed by atoms with Gasteiger partial charge in [-0.05, 0) is 38.3 Å². The molecule has 0 aliphatic heterocycles. The second kappa shape index (κ2) is 5.05. The van der Waals surface area contributed by atoms with Gasteiger partial charge < -0.3 is 9.88 Å². The predicted molar refractivity (Wildman–Crippen MR) is 68.4 cm³/mol. The van der Waals surface area contributed by atoms with E-state index in [2.05, 4.69) is 42.1 Å². The van der Waals surface area contributed by atoms with Gasteiger partial charge in [0.1, 0.15) is 0 Å². The van der Waals surface area contributed by atoms with E-state index >= 15 is 0 Å². The van der Waals surface area contributed by atoms with E-state index in [1.54, 1.807) is 0 Å². The summed E-state index contributed by atoms with van der Waals surface area (Å²) in [5.41, 5.74) is 1.82. The summed E-state index contributed by atoms with van der Waals surface area (Å²) in [5, 5.41) is 3.74. The van der Waals surface area contributed by atoms with Crippen LogP contribution in [-0.2, 0) is 13.1 Å². The van der Waals surface area contributed by atoms with Crippen molar-refractivity contribution in [3.8, 4) is 0 Å². The summed E-state index contributed by atoms with van der Waals surface area (Å²) in [5.74, 6) is 0. The maximum absolute atomic E-state index is 3.74. The second-order valence-corrected chi connectivity index (χ2v) is 5.31. The molecule has 90 valence electrons. The average molecular weight is 220 g/mol. The van der Waals surface area contributed by atoms with E-state index in [-0.39, 0.29) is 0 Å². The highest BCUT2D eigenvalue weighted by molar-refractivity contribution is 5.07. The Balaban J connectivity index is 1.91. The van der Waals surface area contributed by atoms with Crippen LogP contribution in [0.15, 0.2) is 18.3 Å². The molecule has 1 N–H and O–H groups in total. The van der Waals surface area contributed by atoms with E-state index in [9.17, 15) is 0 Å². The van der Waals surface area contributed by atoms with Gasteiger partial charge in [-0.25, -0.2) is 0 Å². The van der Waals surface area contributed by atoms with Crippen molar-refractivity contribution in [1.29, 1.82) is 0 Å². The highest BCUT2D eigenvalue weighted by atomic mass is 15.0. The molecule has 0 bridgehead atoms. The van der Waals surface area contributed by atoms with E-state index in [4.69, 9.17) is 0 Å². The van der Waals surface area contributed by atoms with Gasteiger partial charge in [-0.1, -0.05) is 19.8 Å². The third-order valence-electron chi connectivity index (χ3n) is 3.79. The lowest BCUT2D eigenvalue weighted by Gasteiger charge is -2.25. The quantitative estimate of drug-likeness (QED) is 0.805. The topological polar surface area (TPSA) is 17.0 Å². The lowest BCUT2D eigenvalue weighted by atomic mass is 10.0. The summed E-state index contributed by atoms with van der Waals surface area (Å²) in [6, 6.07) is 4.39. The van der Waals surface area contributed by atoms with Gasteiger partial charge in [0.2, 0.25) is 0 Å². The van der Waals surface area contributed by atoms with Crippen LogP contribution in [0.4, 0.5) is 0 Å². The molecule has 1 heterocycles. The zero-order valence-corrected chi connectivity index (χ0v) is 10.6. The molecule has 1 aromatic heterocycles. The van der Waals surface area contributed by atoms with Crippen LogP contribution in [0, 0.1) is 0 Å². The van der Waals surface area contributed by atoms with E-state index in [0.717, 1.165) is 13.1 Å². The Labute approximate surface area is 99.0 Å². The molecule has 1 aromatic rings. The Bertz CT molecular complexity index is 321. The van der Waals surface area contributed by atoms with Gasteiger partial charge in [0.25, 0.3) is 0 Å². The van der Waals surface area contributed by atoms with Gasteiger partial charge in [0.15, 0.2) is 0 Å². The number of nitrogens with zero attached hydrogens (tertiary/aromatic N) is 1. The van der Waals surface area contributed by atoms with Gasteiger partial charge in [0, 0.05) is 30.5 Å². The second-order valence-electron chi connectivity index (χ2n) is 5.31. The first-order valence-electron chi connectivity index (χ1n) is 6.62. The molecule has 1 saturated carbocycles. The van der Waals surface area contributed by atoms with Gasteiger partial charge in [0.05, 0.1) is 0 Å². The molecule has 0 spiro atoms. The smallest absolute Gasteiger partial charge is 0.0364 e. The number of aromatic nitrogens is 1. The zero-order chi connectivity index (χ0) is 11.4. The van der Waals surface area contributed by atoms with Crippen molar-refractivity contribution in [2.75, 3.05) is 0 Å². The molecule has 1 fully saturated rings. The first-order valence-corrected chi connectivity index (χ1v) is 6.62. The van der Waals surface area contributed by atoms with E-state index in [0.29, 0.717) is 5.54 Å². The molecule has 0 amide bonds. The standard InChI is InChI=1S/C14H24N2/c1-3-10-16-11-6-7-13(16)12-15-14(2)8-4-5-9-14/h6-7,11,15H,3-5,8-10,12H2,1-2H3. The first kappa shape index (κ1) is 11.7. The monoisotopic (exact) mass is 220 g/mol. The Morgan fingerprint density at radius 2 is 2.12 bits per heavy atom. The van der Waals surface area contributed by atoms with Crippen molar-refractivity contribution in [3.63, 3.8) is 0 Å². The lowest BCUT2D eigenvalue weighted by Crippen LogP contribution is -2.39. The number of hydrogen-bond donors (Lipinski definition) is 1. The molecule has 2 nitrogen and oxygen atoms in total. The third-order valence-corrected chi connectivity index (χ3v) is 3.79. The molecule has 0 radical (unpaired) electrons. The molecule has 1 aliphatic rings. The fourth-order valence-corrected chi connectivity index (χ4v) is 2.71. The van der Waals surface area contributed by atoms with Gasteiger partial charge in [-0.2, -0.15) is 0 Å². The van der Waals surface area contributed by atoms with Gasteiger partial charge >= 0.3 is 0 Å². The van der Waals surface area contributed by atoms with Crippen LogP contribution in [0.25, 0.3) is 0 Å². The molecule has 2 heteroatoms. The SMILES string of the molecule is CCCn1cccc1CNC1(C)CCCC1. The van der Waals surface area contributed by atoms with Crippen LogP contribution in [0.3, 0.4) is 0 Å². The van der Waals surface area contributed by atoms with Gasteiger partial charge in [-0.3, -0.25) is 0 Å². The molecule has 0 atom stereocenters. The summed E-state index contributed by atoms with van der Waals surface area (Å²) < 4.78 is 2.37. The average Bonchev–Trinajstić information content (AvgIpc) is 2.86. The van der Waals surface area contributed by atoms with E-state index < -0.39 is 0 Å². The number of hydrogen-bond acceptors (Lipinski definition) is 1. The molecule has 0 unspecified atom stereocenters. The summed E-state index contributed by atoms with van der Waals surface area (Å²) in [6.45, 7) is 6.76. The molecule has 0 aromatic carbocycles.